The molecule has 0 aromatic carbocycles. The summed E-state index contributed by atoms with van der Waals surface area (Å²) in [4.78, 5) is 9.28. The van der Waals surface area contributed by atoms with E-state index in [1.165, 1.54) is 0 Å². The molecule has 3 N–H and O–H groups in total. The van der Waals surface area contributed by atoms with Gasteiger partial charge in [0, 0.05) is 30.7 Å². The number of aliphatic hydroxyl groups is 1. The number of rotatable bonds is 8. The molecule has 21 heavy (non-hydrogen) atoms. The quantitative estimate of drug-likeness (QED) is 0.687. The van der Waals surface area contributed by atoms with Crippen LogP contribution in [-0.2, 0) is 0 Å². The number of nitrogens with zero attached hydrogens (tertiary/aromatic N) is 2. The second kappa shape index (κ2) is 8.17. The second-order valence-electron chi connectivity index (χ2n) is 6.10. The van der Waals surface area contributed by atoms with Gasteiger partial charge in [-0.1, -0.05) is 27.7 Å². The molecule has 0 aliphatic heterocycles. The Bertz CT molecular complexity index is 446. The van der Waals surface area contributed by atoms with Crippen LogP contribution in [0.1, 0.15) is 58.3 Å². The van der Waals surface area contributed by atoms with Gasteiger partial charge in [0.05, 0.1) is 0 Å². The maximum atomic E-state index is 9.23. The van der Waals surface area contributed by atoms with Crippen molar-refractivity contribution >= 4 is 11.6 Å². The minimum Gasteiger partial charge on any atom is -0.396 e. The minimum absolute atomic E-state index is 0.178. The van der Waals surface area contributed by atoms with Gasteiger partial charge in [0.15, 0.2) is 0 Å². The lowest BCUT2D eigenvalue weighted by Crippen LogP contribution is -2.28. The smallest absolute Gasteiger partial charge is 0.135 e. The summed E-state index contributed by atoms with van der Waals surface area (Å²) in [5.74, 6) is 3.31. The summed E-state index contributed by atoms with van der Waals surface area (Å²) in [5, 5.41) is 16.0. The van der Waals surface area contributed by atoms with Crippen molar-refractivity contribution in [1.29, 1.82) is 0 Å². The van der Waals surface area contributed by atoms with Crippen LogP contribution in [0.2, 0.25) is 0 Å². The van der Waals surface area contributed by atoms with Crippen molar-refractivity contribution in [3.63, 3.8) is 0 Å². The summed E-state index contributed by atoms with van der Waals surface area (Å²) in [6.07, 6.45) is 0.717. The van der Waals surface area contributed by atoms with E-state index in [0.717, 1.165) is 29.6 Å². The van der Waals surface area contributed by atoms with E-state index in [4.69, 9.17) is 0 Å². The summed E-state index contributed by atoms with van der Waals surface area (Å²) < 4.78 is 0. The Morgan fingerprint density at radius 3 is 2.19 bits per heavy atom. The Morgan fingerprint density at radius 1 is 1.10 bits per heavy atom. The SMILES string of the molecule is CCNc1nc(C(C)C)nc(NC(CCO)C(C)C)c1C. The lowest BCUT2D eigenvalue weighted by Gasteiger charge is -2.24. The summed E-state index contributed by atoms with van der Waals surface area (Å²) >= 11 is 0. The topological polar surface area (TPSA) is 70.1 Å². The number of nitrogens with one attached hydrogen (secondary N) is 2. The van der Waals surface area contributed by atoms with Crippen LogP contribution < -0.4 is 10.6 Å². The predicted octanol–water partition coefficient (Wildman–Crippen LogP) is 3.16. The molecule has 0 fully saturated rings. The molecule has 1 atom stereocenters. The van der Waals surface area contributed by atoms with Crippen molar-refractivity contribution in [2.45, 2.75) is 59.9 Å². The van der Waals surface area contributed by atoms with E-state index in [9.17, 15) is 5.11 Å². The molecule has 0 aliphatic rings. The minimum atomic E-state index is 0.178. The first-order valence-electron chi connectivity index (χ1n) is 7.90. The van der Waals surface area contributed by atoms with Crippen LogP contribution in [0.15, 0.2) is 0 Å². The third-order valence-electron chi connectivity index (χ3n) is 3.59. The van der Waals surface area contributed by atoms with Crippen molar-refractivity contribution in [3.05, 3.63) is 11.4 Å². The molecule has 0 spiro atoms. The monoisotopic (exact) mass is 294 g/mol. The fraction of sp³-hybridized carbons (Fsp3) is 0.750. The van der Waals surface area contributed by atoms with Gasteiger partial charge >= 0.3 is 0 Å². The highest BCUT2D eigenvalue weighted by Gasteiger charge is 2.18. The average molecular weight is 294 g/mol. The molecule has 1 aromatic heterocycles. The molecule has 0 saturated heterocycles. The highest BCUT2D eigenvalue weighted by atomic mass is 16.3. The normalized spacial score (nSPS) is 12.8. The van der Waals surface area contributed by atoms with Gasteiger partial charge in [-0.25, -0.2) is 9.97 Å². The molecule has 5 heteroatoms. The first-order chi connectivity index (χ1) is 9.90. The molecular formula is C16H30N4O. The molecule has 0 radical (unpaired) electrons. The summed E-state index contributed by atoms with van der Waals surface area (Å²) in [5.41, 5.74) is 1.03. The standard InChI is InChI=1S/C16H30N4O/c1-7-17-15-12(6)16(20-14(19-15)11(4)5)18-13(8-9-21)10(2)3/h10-11,13,21H,7-9H2,1-6H3,(H2,17,18,19,20). The Kier molecular flexibility index (Phi) is 6.89. The lowest BCUT2D eigenvalue weighted by atomic mass is 10.0. The van der Waals surface area contributed by atoms with Crippen LogP contribution in [0.4, 0.5) is 11.6 Å². The Balaban J connectivity index is 3.13. The van der Waals surface area contributed by atoms with Crippen LogP contribution in [0.3, 0.4) is 0 Å². The van der Waals surface area contributed by atoms with E-state index in [-0.39, 0.29) is 18.6 Å². The molecule has 1 aromatic rings. The summed E-state index contributed by atoms with van der Waals surface area (Å²) in [7, 11) is 0. The Morgan fingerprint density at radius 2 is 1.71 bits per heavy atom. The Labute approximate surface area is 128 Å². The maximum Gasteiger partial charge on any atom is 0.135 e. The van der Waals surface area contributed by atoms with Crippen molar-refractivity contribution in [1.82, 2.24) is 9.97 Å². The number of anilines is 2. The van der Waals surface area contributed by atoms with Gasteiger partial charge in [0.25, 0.3) is 0 Å². The Hall–Kier alpha value is -1.36. The van der Waals surface area contributed by atoms with Crippen LogP contribution in [0.25, 0.3) is 0 Å². The summed E-state index contributed by atoms with van der Waals surface area (Å²) in [6.45, 7) is 13.6. The second-order valence-corrected chi connectivity index (χ2v) is 6.10. The zero-order chi connectivity index (χ0) is 16.0. The van der Waals surface area contributed by atoms with Gasteiger partial charge in [-0.2, -0.15) is 0 Å². The van der Waals surface area contributed by atoms with Gasteiger partial charge in [-0.15, -0.1) is 0 Å². The lowest BCUT2D eigenvalue weighted by molar-refractivity contribution is 0.267. The summed E-state index contributed by atoms with van der Waals surface area (Å²) in [6, 6.07) is 0.207. The van der Waals surface area contributed by atoms with Crippen LogP contribution in [-0.4, -0.2) is 34.3 Å². The van der Waals surface area contributed by atoms with Crippen LogP contribution >= 0.6 is 0 Å². The number of aliphatic hydroxyl groups excluding tert-OH is 1. The van der Waals surface area contributed by atoms with E-state index in [0.29, 0.717) is 12.3 Å². The fourth-order valence-electron chi connectivity index (χ4n) is 2.16. The van der Waals surface area contributed by atoms with Gasteiger partial charge in [0.1, 0.15) is 17.5 Å². The van der Waals surface area contributed by atoms with Crippen molar-refractivity contribution in [3.8, 4) is 0 Å². The molecule has 120 valence electrons. The van der Waals surface area contributed by atoms with E-state index >= 15 is 0 Å². The molecule has 0 aliphatic carbocycles. The highest BCUT2D eigenvalue weighted by molar-refractivity contribution is 5.57. The van der Waals surface area contributed by atoms with E-state index in [1.807, 2.05) is 6.92 Å². The third-order valence-corrected chi connectivity index (χ3v) is 3.59. The molecule has 1 heterocycles. The largest absolute Gasteiger partial charge is 0.396 e. The zero-order valence-corrected chi connectivity index (χ0v) is 14.2. The molecule has 1 unspecified atom stereocenters. The van der Waals surface area contributed by atoms with E-state index < -0.39 is 0 Å². The first-order valence-corrected chi connectivity index (χ1v) is 7.90. The van der Waals surface area contributed by atoms with Gasteiger partial charge in [-0.05, 0) is 26.2 Å². The number of hydrogen-bond acceptors (Lipinski definition) is 5. The van der Waals surface area contributed by atoms with E-state index in [2.05, 4.69) is 55.2 Å². The average Bonchev–Trinajstić information content (AvgIpc) is 2.42. The first kappa shape index (κ1) is 17.7. The molecular weight excluding hydrogens is 264 g/mol. The molecule has 5 nitrogen and oxygen atoms in total. The molecule has 1 rings (SSSR count). The maximum absolute atomic E-state index is 9.23. The molecule has 0 amide bonds. The third kappa shape index (κ3) is 4.84. The number of aromatic nitrogens is 2. The van der Waals surface area contributed by atoms with Crippen molar-refractivity contribution < 1.29 is 5.11 Å². The fourth-order valence-corrected chi connectivity index (χ4v) is 2.16. The number of hydrogen-bond donors (Lipinski definition) is 3. The molecule has 0 saturated carbocycles. The van der Waals surface area contributed by atoms with Crippen molar-refractivity contribution in [2.75, 3.05) is 23.8 Å². The van der Waals surface area contributed by atoms with E-state index in [1.54, 1.807) is 0 Å². The highest BCUT2D eigenvalue weighted by Crippen LogP contribution is 2.25. The van der Waals surface area contributed by atoms with Gasteiger partial charge in [-0.3, -0.25) is 0 Å². The van der Waals surface area contributed by atoms with Gasteiger partial charge < -0.3 is 15.7 Å². The van der Waals surface area contributed by atoms with Crippen LogP contribution in [0, 0.1) is 12.8 Å². The zero-order valence-electron chi connectivity index (χ0n) is 14.2. The van der Waals surface area contributed by atoms with Gasteiger partial charge in [0.2, 0.25) is 0 Å². The van der Waals surface area contributed by atoms with Crippen LogP contribution in [0.5, 0.6) is 0 Å². The van der Waals surface area contributed by atoms with Crippen molar-refractivity contribution in [2.24, 2.45) is 5.92 Å². The molecule has 0 bridgehead atoms. The predicted molar refractivity (Wildman–Crippen MR) is 89.0 cm³/mol.